The van der Waals surface area contributed by atoms with Crippen molar-refractivity contribution in [2.45, 2.75) is 59.9 Å². The van der Waals surface area contributed by atoms with Crippen LogP contribution in [0.3, 0.4) is 0 Å². The summed E-state index contributed by atoms with van der Waals surface area (Å²) in [7, 11) is 0. The van der Waals surface area contributed by atoms with Crippen molar-refractivity contribution in [2.24, 2.45) is 5.41 Å². The second kappa shape index (κ2) is 7.20. The highest BCUT2D eigenvalue weighted by atomic mass is 16.2. The van der Waals surface area contributed by atoms with Crippen molar-refractivity contribution in [3.05, 3.63) is 23.4 Å². The van der Waals surface area contributed by atoms with E-state index in [1.807, 2.05) is 38.7 Å². The number of hydrogen-bond acceptors (Lipinski definition) is 3. The lowest BCUT2D eigenvalue weighted by Crippen LogP contribution is -2.51. The number of nitrogens with zero attached hydrogens (tertiary/aromatic N) is 2. The number of aryl methyl sites for hydroxylation is 1. The Morgan fingerprint density at radius 1 is 1.38 bits per heavy atom. The minimum absolute atomic E-state index is 0.113. The first kappa shape index (κ1) is 18.2. The van der Waals surface area contributed by atoms with E-state index in [0.29, 0.717) is 0 Å². The Balaban J connectivity index is 2.36. The molecule has 1 aliphatic heterocycles. The van der Waals surface area contributed by atoms with Gasteiger partial charge in [0.2, 0.25) is 11.8 Å². The van der Waals surface area contributed by atoms with Crippen molar-refractivity contribution in [1.82, 2.24) is 20.2 Å². The molecular weight excluding hydrogens is 304 g/mol. The van der Waals surface area contributed by atoms with E-state index in [1.165, 1.54) is 6.92 Å². The number of H-pyrrole nitrogens is 1. The molecule has 0 unspecified atom stereocenters. The topological polar surface area (TPSA) is 78.1 Å². The molecule has 1 atom stereocenters. The van der Waals surface area contributed by atoms with E-state index in [2.05, 4.69) is 15.3 Å². The number of carbonyl (C=O) groups is 2. The third-order valence-electron chi connectivity index (χ3n) is 4.12. The van der Waals surface area contributed by atoms with Crippen molar-refractivity contribution < 1.29 is 9.59 Å². The highest BCUT2D eigenvalue weighted by molar-refractivity contribution is 5.83. The molecule has 6 heteroatoms. The highest BCUT2D eigenvalue weighted by Crippen LogP contribution is 2.28. The number of carbonyl (C=O) groups excluding carboxylic acids is 2. The minimum atomic E-state index is -0.443. The van der Waals surface area contributed by atoms with Crippen LogP contribution in [0.1, 0.15) is 58.5 Å². The van der Waals surface area contributed by atoms with Crippen LogP contribution in [0.15, 0.2) is 11.9 Å². The van der Waals surface area contributed by atoms with Crippen LogP contribution in [0.4, 0.5) is 0 Å². The molecule has 132 valence electrons. The summed E-state index contributed by atoms with van der Waals surface area (Å²) in [6, 6.07) is -0.113. The molecule has 0 bridgehead atoms. The predicted molar refractivity (Wildman–Crippen MR) is 93.9 cm³/mol. The summed E-state index contributed by atoms with van der Waals surface area (Å²) in [5.74, 6) is 0.796. The molecule has 0 saturated carbocycles. The fraction of sp³-hybridized carbons (Fsp3) is 0.611. The first-order valence-electron chi connectivity index (χ1n) is 8.50. The van der Waals surface area contributed by atoms with E-state index in [9.17, 15) is 9.59 Å². The Morgan fingerprint density at radius 3 is 2.62 bits per heavy atom. The van der Waals surface area contributed by atoms with Gasteiger partial charge in [-0.1, -0.05) is 20.8 Å². The molecule has 1 saturated heterocycles. The molecule has 1 aromatic rings. The molecule has 0 aromatic carbocycles. The summed E-state index contributed by atoms with van der Waals surface area (Å²) in [5, 5.41) is 2.92. The molecule has 0 spiro atoms. The molecule has 0 radical (unpaired) electrons. The first-order chi connectivity index (χ1) is 11.2. The average Bonchev–Trinajstić information content (AvgIpc) is 2.89. The maximum atomic E-state index is 12.8. The highest BCUT2D eigenvalue weighted by Gasteiger charge is 2.35. The largest absolute Gasteiger partial charge is 0.343 e. The monoisotopic (exact) mass is 332 g/mol. The van der Waals surface area contributed by atoms with Gasteiger partial charge < -0.3 is 15.2 Å². The van der Waals surface area contributed by atoms with Crippen LogP contribution in [0, 0.1) is 12.3 Å². The molecule has 2 rings (SSSR count). The van der Waals surface area contributed by atoms with Gasteiger partial charge in [0.05, 0.1) is 17.9 Å². The fourth-order valence-corrected chi connectivity index (χ4v) is 3.03. The lowest BCUT2D eigenvalue weighted by molar-refractivity contribution is -0.142. The van der Waals surface area contributed by atoms with Gasteiger partial charge in [0.25, 0.3) is 0 Å². The number of aromatic nitrogens is 2. The molecule has 6 nitrogen and oxygen atoms in total. The van der Waals surface area contributed by atoms with Crippen LogP contribution in [0.25, 0.3) is 6.08 Å². The van der Waals surface area contributed by atoms with Gasteiger partial charge in [0.15, 0.2) is 0 Å². The lowest BCUT2D eigenvalue weighted by Gasteiger charge is -2.40. The zero-order valence-corrected chi connectivity index (χ0v) is 15.3. The maximum Gasteiger partial charge on any atom is 0.228 e. The first-order valence-corrected chi connectivity index (χ1v) is 8.50. The van der Waals surface area contributed by atoms with Crippen molar-refractivity contribution in [3.63, 3.8) is 0 Å². The molecule has 24 heavy (non-hydrogen) atoms. The molecule has 1 aromatic heterocycles. The Labute approximate surface area is 143 Å². The van der Waals surface area contributed by atoms with Crippen molar-refractivity contribution in [2.75, 3.05) is 6.54 Å². The molecule has 2 amide bonds. The van der Waals surface area contributed by atoms with Crippen molar-refractivity contribution in [3.8, 4) is 0 Å². The summed E-state index contributed by atoms with van der Waals surface area (Å²) < 4.78 is 0. The fourth-order valence-electron chi connectivity index (χ4n) is 3.03. The van der Waals surface area contributed by atoms with Gasteiger partial charge in [-0.3, -0.25) is 9.59 Å². The number of aromatic amines is 1. The molecule has 2 heterocycles. The van der Waals surface area contributed by atoms with E-state index >= 15 is 0 Å². The van der Waals surface area contributed by atoms with Crippen molar-refractivity contribution >= 4 is 17.9 Å². The molecule has 2 N–H and O–H groups in total. The Kier molecular flexibility index (Phi) is 5.47. The van der Waals surface area contributed by atoms with Crippen LogP contribution in [0.2, 0.25) is 0 Å². The Morgan fingerprint density at radius 2 is 2.08 bits per heavy atom. The van der Waals surface area contributed by atoms with Crippen LogP contribution in [0.5, 0.6) is 0 Å². The third kappa shape index (κ3) is 4.46. The molecule has 1 aliphatic rings. The van der Waals surface area contributed by atoms with Gasteiger partial charge in [0, 0.05) is 24.6 Å². The van der Waals surface area contributed by atoms with Gasteiger partial charge in [0.1, 0.15) is 5.82 Å². The van der Waals surface area contributed by atoms with E-state index in [-0.39, 0.29) is 17.9 Å². The zero-order valence-electron chi connectivity index (χ0n) is 15.3. The number of amides is 2. The summed E-state index contributed by atoms with van der Waals surface area (Å²) >= 11 is 0. The number of hydrogen-bond donors (Lipinski definition) is 2. The smallest absolute Gasteiger partial charge is 0.228 e. The standard InChI is InChI=1S/C18H28N4O2/c1-12-19-11-14(20-12)10-15(21-13(2)23)16-8-6-7-9-22(16)17(24)18(3,4)5/h10-11,16H,6-9H2,1-5H3,(H,19,20)(H,21,23)/b15-10-/t16-/m0/s1. The summed E-state index contributed by atoms with van der Waals surface area (Å²) in [4.78, 5) is 33.8. The number of likely N-dealkylation sites (tertiary alicyclic amines) is 1. The SMILES string of the molecule is CC(=O)N/C(=C\c1cnc(C)[nH]1)[C@@H]1CCCCN1C(=O)C(C)(C)C. The third-order valence-corrected chi connectivity index (χ3v) is 4.12. The van der Waals surface area contributed by atoms with Gasteiger partial charge in [-0.2, -0.15) is 0 Å². The average molecular weight is 332 g/mol. The number of nitrogens with one attached hydrogen (secondary N) is 2. The van der Waals surface area contributed by atoms with E-state index in [1.54, 1.807) is 6.20 Å². The van der Waals surface area contributed by atoms with Gasteiger partial charge in [-0.05, 0) is 32.3 Å². The summed E-state index contributed by atoms with van der Waals surface area (Å²) in [5.41, 5.74) is 1.13. The normalized spacial score (nSPS) is 19.3. The van der Waals surface area contributed by atoms with E-state index in [0.717, 1.165) is 43.0 Å². The Bertz CT molecular complexity index is 640. The summed E-state index contributed by atoms with van der Waals surface area (Å²) in [6.45, 7) is 9.89. The van der Waals surface area contributed by atoms with Gasteiger partial charge in [-0.25, -0.2) is 4.98 Å². The van der Waals surface area contributed by atoms with Gasteiger partial charge in [-0.15, -0.1) is 0 Å². The van der Waals surface area contributed by atoms with Crippen LogP contribution in [-0.4, -0.2) is 39.3 Å². The van der Waals surface area contributed by atoms with Crippen LogP contribution >= 0.6 is 0 Å². The second-order valence-electron chi connectivity index (χ2n) is 7.46. The van der Waals surface area contributed by atoms with Crippen LogP contribution < -0.4 is 5.32 Å². The summed E-state index contributed by atoms with van der Waals surface area (Å²) in [6.07, 6.45) is 6.50. The number of piperidine rings is 1. The quantitative estimate of drug-likeness (QED) is 0.893. The molecule has 1 fully saturated rings. The zero-order chi connectivity index (χ0) is 17.9. The van der Waals surface area contributed by atoms with E-state index < -0.39 is 5.41 Å². The molecular formula is C18H28N4O2. The maximum absolute atomic E-state index is 12.8. The number of imidazole rings is 1. The van der Waals surface area contributed by atoms with Crippen molar-refractivity contribution in [1.29, 1.82) is 0 Å². The Hall–Kier alpha value is -2.11. The van der Waals surface area contributed by atoms with Crippen LogP contribution in [-0.2, 0) is 9.59 Å². The number of rotatable bonds is 3. The second-order valence-corrected chi connectivity index (χ2v) is 7.46. The lowest BCUT2D eigenvalue weighted by atomic mass is 9.90. The van der Waals surface area contributed by atoms with Gasteiger partial charge >= 0.3 is 0 Å². The molecule has 0 aliphatic carbocycles. The predicted octanol–water partition coefficient (Wildman–Crippen LogP) is 2.62. The minimum Gasteiger partial charge on any atom is -0.343 e. The van der Waals surface area contributed by atoms with E-state index in [4.69, 9.17) is 0 Å².